The number of carbonyl (C=O) groups is 3. The van der Waals surface area contributed by atoms with Gasteiger partial charge in [0, 0.05) is 68.6 Å². The SMILES string of the molecule is CC(C)(C)[Si](OC[C@@H]1CN([P@@](C)(=O)OC[C@@H]2CN([P@@](C)(=O)OCC3CNC[C@H](n4ccc(NC(=O)c5ccccc5)nc4=O)O3)C[C@H](n3ccc(NC(=O)c4ccccc4)nc3=O)O2)C[C@H](n2cnc3c(NC(=O)c4ccccc4)ncnc32)O1)(c1ccccc1)c1ccccc1. The third-order valence-corrected chi connectivity index (χ3v) is 26.0. The molecule has 4 aromatic heterocycles. The van der Waals surface area contributed by atoms with Crippen LogP contribution in [-0.4, -0.2) is 165 Å². The first kappa shape index (κ1) is 68.1. The van der Waals surface area contributed by atoms with E-state index in [0.29, 0.717) is 22.3 Å². The summed E-state index contributed by atoms with van der Waals surface area (Å²) in [4.78, 5) is 88.8. The summed E-state index contributed by atoms with van der Waals surface area (Å²) in [5, 5.41) is 13.1. The molecule has 0 aliphatic carbocycles. The Morgan fingerprint density at radius 3 is 1.45 bits per heavy atom. The molecule has 12 rings (SSSR count). The minimum Gasteiger partial charge on any atom is -0.405 e. The second-order valence-corrected chi connectivity index (χ2v) is 33.9. The predicted molar refractivity (Wildman–Crippen MR) is 366 cm³/mol. The van der Waals surface area contributed by atoms with Crippen molar-refractivity contribution >= 4 is 80.1 Å². The van der Waals surface area contributed by atoms with Crippen molar-refractivity contribution in [1.82, 2.24) is 53.3 Å². The molecule has 1 unspecified atom stereocenters. The molecule has 27 nitrogen and oxygen atoms in total. The van der Waals surface area contributed by atoms with Gasteiger partial charge in [-0.15, -0.1) is 0 Å². The minimum atomic E-state index is -3.95. The second kappa shape index (κ2) is 29.5. The van der Waals surface area contributed by atoms with Gasteiger partial charge in [-0.2, -0.15) is 9.97 Å². The molecule has 8 atom stereocenters. The fraction of sp³-hybridized carbons (Fsp3) is 0.313. The van der Waals surface area contributed by atoms with E-state index >= 15 is 9.13 Å². The van der Waals surface area contributed by atoms with Gasteiger partial charge in [-0.1, -0.05) is 136 Å². The normalized spacial score (nSPS) is 20.8. The number of rotatable bonds is 22. The Morgan fingerprint density at radius 2 is 0.969 bits per heavy atom. The summed E-state index contributed by atoms with van der Waals surface area (Å²) in [5.41, 5.74) is 0.276. The van der Waals surface area contributed by atoms with Gasteiger partial charge in [-0.25, -0.2) is 33.9 Å². The number of amides is 3. The van der Waals surface area contributed by atoms with Crippen LogP contribution < -0.4 is 43.0 Å². The van der Waals surface area contributed by atoms with Gasteiger partial charge in [0.05, 0.1) is 57.5 Å². The molecular formula is C67H74N14O13P2Si. The average molecular weight is 1370 g/mol. The third-order valence-electron chi connectivity index (χ3n) is 17.0. The molecular weight excluding hydrogens is 1300 g/mol. The fourth-order valence-corrected chi connectivity index (χ4v) is 19.7. The van der Waals surface area contributed by atoms with Crippen molar-refractivity contribution in [3.05, 3.63) is 226 Å². The molecule has 97 heavy (non-hydrogen) atoms. The molecule has 3 aliphatic heterocycles. The quantitative estimate of drug-likeness (QED) is 0.0384. The Kier molecular flexibility index (Phi) is 20.7. The van der Waals surface area contributed by atoms with Gasteiger partial charge in [-0.05, 0) is 63.9 Å². The van der Waals surface area contributed by atoms with E-state index in [2.05, 4.69) is 91.2 Å². The number of imidazole rings is 1. The highest BCUT2D eigenvalue weighted by molar-refractivity contribution is 7.56. The van der Waals surface area contributed by atoms with Crippen molar-refractivity contribution in [1.29, 1.82) is 0 Å². The van der Waals surface area contributed by atoms with Crippen molar-refractivity contribution in [3.8, 4) is 0 Å². The maximum Gasteiger partial charge on any atom is 0.351 e. The van der Waals surface area contributed by atoms with Crippen LogP contribution in [-0.2, 0) is 36.8 Å². The topological polar surface area (TPSA) is 309 Å². The standard InChI is InChI=1S/C67H74N14O13P2Si/c1-67(2,3)97(52-27-17-9-18-28-52,53-29-19-10-20-30-53)91-43-51-38-78(40-58(94-51)81-45-71-59-60(69-44-70-61(59)81)76-64(84)48-25-15-8-16-26-48)96(5,88)90-42-50-37-77(39-57(93-50)80-34-32-55(75-66(80)86)73-63(83)47-23-13-7-14-24-47)95(4,87)89-41-49-35-68-36-56(92-49)79-33-31-54(74-65(79)85)72-62(82)46-21-11-6-12-22-46/h6-34,44-45,49-51,56-58,68H,35-43H2,1-5H3,(H,69,70,76,84)(H,72,74,82,85)(H,73,75,83,86)/t49?,50-,51-,56+,57+,58+,95-,96-/m0/s1. The highest BCUT2D eigenvalue weighted by Crippen LogP contribution is 2.52. The lowest BCUT2D eigenvalue weighted by Crippen LogP contribution is -2.67. The number of benzene rings is 5. The number of nitrogens with one attached hydrogen (secondary N) is 4. The minimum absolute atomic E-state index is 0.0143. The monoisotopic (exact) mass is 1370 g/mol. The van der Waals surface area contributed by atoms with Crippen molar-refractivity contribution in [2.75, 3.05) is 88.4 Å². The van der Waals surface area contributed by atoms with Gasteiger partial charge >= 0.3 is 11.4 Å². The summed E-state index contributed by atoms with van der Waals surface area (Å²) < 4.78 is 78.6. The van der Waals surface area contributed by atoms with E-state index in [1.165, 1.54) is 59.6 Å². The molecule has 30 heteroatoms. The van der Waals surface area contributed by atoms with Crippen molar-refractivity contribution in [2.24, 2.45) is 0 Å². The van der Waals surface area contributed by atoms with Gasteiger partial charge < -0.3 is 49.0 Å². The number of carbonyl (C=O) groups excluding carboxylic acids is 3. The molecule has 9 aromatic rings. The van der Waals surface area contributed by atoms with Crippen molar-refractivity contribution < 1.29 is 51.2 Å². The Hall–Kier alpha value is -8.86. The van der Waals surface area contributed by atoms with Crippen LogP contribution in [0.3, 0.4) is 0 Å². The fourth-order valence-electron chi connectivity index (χ4n) is 12.1. The number of hydrogen-bond donors (Lipinski definition) is 4. The van der Waals surface area contributed by atoms with Crippen LogP contribution in [0.5, 0.6) is 0 Å². The maximum atomic E-state index is 15.7. The molecule has 3 amide bonds. The number of ether oxygens (including phenoxy) is 3. The van der Waals surface area contributed by atoms with Crippen LogP contribution in [0, 0.1) is 0 Å². The van der Waals surface area contributed by atoms with Gasteiger partial charge in [0.25, 0.3) is 41.1 Å². The molecule has 504 valence electrons. The first-order valence-corrected chi connectivity index (χ1v) is 37.5. The smallest absolute Gasteiger partial charge is 0.351 e. The van der Waals surface area contributed by atoms with E-state index in [1.54, 1.807) is 98.8 Å². The predicted octanol–water partition coefficient (Wildman–Crippen LogP) is 7.24. The number of nitrogens with zero attached hydrogens (tertiary/aromatic N) is 10. The van der Waals surface area contributed by atoms with Crippen LogP contribution >= 0.6 is 15.0 Å². The zero-order chi connectivity index (χ0) is 67.9. The second-order valence-electron chi connectivity index (χ2n) is 24.7. The first-order valence-electron chi connectivity index (χ1n) is 31.5. The molecule has 7 heterocycles. The third kappa shape index (κ3) is 15.6. The van der Waals surface area contributed by atoms with Crippen molar-refractivity contribution in [2.45, 2.75) is 62.8 Å². The van der Waals surface area contributed by atoms with Gasteiger partial charge in [0.2, 0.25) is 0 Å². The summed E-state index contributed by atoms with van der Waals surface area (Å²) in [7, 11) is -11.0. The lowest BCUT2D eigenvalue weighted by molar-refractivity contribution is -0.125. The Morgan fingerprint density at radius 1 is 0.536 bits per heavy atom. The van der Waals surface area contributed by atoms with E-state index in [9.17, 15) is 24.0 Å². The Labute approximate surface area is 559 Å². The number of hydrogen-bond acceptors (Lipinski definition) is 19. The highest BCUT2D eigenvalue weighted by atomic mass is 31.2. The first-order chi connectivity index (χ1) is 46.7. The summed E-state index contributed by atoms with van der Waals surface area (Å²) in [5.74, 6) is -1.12. The van der Waals surface area contributed by atoms with Gasteiger partial charge in [0.15, 0.2) is 29.4 Å². The molecule has 3 fully saturated rings. The lowest BCUT2D eigenvalue weighted by Gasteiger charge is -2.45. The number of morpholine rings is 3. The molecule has 5 aromatic carbocycles. The van der Waals surface area contributed by atoms with Crippen LogP contribution in [0.2, 0.25) is 5.04 Å². The lowest BCUT2D eigenvalue weighted by atomic mass is 10.2. The summed E-state index contributed by atoms with van der Waals surface area (Å²) >= 11 is 0. The largest absolute Gasteiger partial charge is 0.405 e. The number of fused-ring (bicyclic) bond motifs is 1. The van der Waals surface area contributed by atoms with Gasteiger partial charge in [0.1, 0.15) is 24.2 Å². The summed E-state index contributed by atoms with van der Waals surface area (Å²) in [6.45, 7) is 9.22. The maximum absolute atomic E-state index is 15.7. The zero-order valence-corrected chi connectivity index (χ0v) is 56.7. The van der Waals surface area contributed by atoms with Crippen LogP contribution in [0.15, 0.2) is 198 Å². The zero-order valence-electron chi connectivity index (χ0n) is 53.9. The molecule has 0 spiro atoms. The highest BCUT2D eigenvalue weighted by Gasteiger charge is 2.51. The average Bonchev–Trinajstić information content (AvgIpc) is 1.50. The number of anilines is 3. The van der Waals surface area contributed by atoms with E-state index < -0.39 is 94.5 Å². The summed E-state index contributed by atoms with van der Waals surface area (Å²) in [6, 6.07) is 48.9. The van der Waals surface area contributed by atoms with Crippen molar-refractivity contribution in [3.63, 3.8) is 0 Å². The molecule has 0 radical (unpaired) electrons. The van der Waals surface area contributed by atoms with E-state index in [-0.39, 0.29) is 82.1 Å². The molecule has 0 saturated carbocycles. The van der Waals surface area contributed by atoms with Crippen LogP contribution in [0.1, 0.15) is 70.5 Å². The molecule has 3 aliphatic rings. The summed E-state index contributed by atoms with van der Waals surface area (Å²) in [6.07, 6.45) is 0.276. The number of aromatic nitrogens is 8. The van der Waals surface area contributed by atoms with E-state index in [1.807, 2.05) is 42.5 Å². The van der Waals surface area contributed by atoms with E-state index in [0.717, 1.165) is 10.4 Å². The van der Waals surface area contributed by atoms with Crippen LogP contribution in [0.25, 0.3) is 11.2 Å². The van der Waals surface area contributed by atoms with Crippen LogP contribution in [0.4, 0.5) is 17.5 Å². The molecule has 3 saturated heterocycles. The van der Waals surface area contributed by atoms with Gasteiger partial charge in [-0.3, -0.25) is 37.2 Å². The molecule has 0 bridgehead atoms. The van der Waals surface area contributed by atoms with E-state index in [4.69, 9.17) is 27.7 Å². The Bertz CT molecular complexity index is 4440. The molecule has 4 N–H and O–H groups in total. The Balaban J connectivity index is 0.802.